The lowest BCUT2D eigenvalue weighted by Crippen LogP contribution is -2.32. The zero-order valence-corrected chi connectivity index (χ0v) is 14.0. The third-order valence-electron chi connectivity index (χ3n) is 4.52. The number of amides is 1. The Morgan fingerprint density at radius 1 is 1.00 bits per heavy atom. The fraction of sp³-hybridized carbons (Fsp3) is 0.368. The molecule has 1 fully saturated rings. The molecule has 0 unspecified atom stereocenters. The Morgan fingerprint density at radius 2 is 1.80 bits per heavy atom. The van der Waals surface area contributed by atoms with Gasteiger partial charge in [-0.15, -0.1) is 0 Å². The number of carbonyl (C=O) groups is 1. The van der Waals surface area contributed by atoms with Crippen LogP contribution in [0.25, 0.3) is 0 Å². The highest BCUT2D eigenvalue weighted by Crippen LogP contribution is 2.33. The summed E-state index contributed by atoms with van der Waals surface area (Å²) in [5.41, 5.74) is 2.18. The SMILES string of the molecule is O=C(NC1CCCC1)c1cncc(Nc2ccc3c(c2)OCCO3)c1. The van der Waals surface area contributed by atoms with E-state index in [9.17, 15) is 4.79 Å². The third kappa shape index (κ3) is 3.68. The van der Waals surface area contributed by atoms with Crippen LogP contribution in [0.3, 0.4) is 0 Å². The molecule has 1 aromatic heterocycles. The molecule has 130 valence electrons. The van der Waals surface area contributed by atoms with Crippen LogP contribution in [-0.4, -0.2) is 30.1 Å². The van der Waals surface area contributed by atoms with Crippen LogP contribution in [0, 0.1) is 0 Å². The summed E-state index contributed by atoms with van der Waals surface area (Å²) in [7, 11) is 0. The van der Waals surface area contributed by atoms with E-state index in [0.717, 1.165) is 35.7 Å². The molecule has 2 aromatic rings. The van der Waals surface area contributed by atoms with Crippen molar-refractivity contribution in [2.75, 3.05) is 18.5 Å². The first-order valence-corrected chi connectivity index (χ1v) is 8.70. The summed E-state index contributed by atoms with van der Waals surface area (Å²) in [5.74, 6) is 1.41. The van der Waals surface area contributed by atoms with Crippen LogP contribution in [0.1, 0.15) is 36.0 Å². The molecule has 6 nitrogen and oxygen atoms in total. The molecule has 6 heteroatoms. The van der Waals surface area contributed by atoms with Crippen molar-refractivity contribution >= 4 is 17.3 Å². The first-order chi connectivity index (χ1) is 12.3. The Kier molecular flexibility index (Phi) is 4.41. The topological polar surface area (TPSA) is 72.5 Å². The summed E-state index contributed by atoms with van der Waals surface area (Å²) < 4.78 is 11.1. The average Bonchev–Trinajstić information content (AvgIpc) is 3.15. The molecule has 0 radical (unpaired) electrons. The third-order valence-corrected chi connectivity index (χ3v) is 4.52. The molecule has 0 spiro atoms. The minimum atomic E-state index is -0.0646. The zero-order valence-electron chi connectivity index (χ0n) is 14.0. The van der Waals surface area contributed by atoms with E-state index in [-0.39, 0.29) is 5.91 Å². The van der Waals surface area contributed by atoms with Gasteiger partial charge in [0.05, 0.1) is 17.4 Å². The summed E-state index contributed by atoms with van der Waals surface area (Å²) in [6, 6.07) is 7.79. The van der Waals surface area contributed by atoms with Gasteiger partial charge in [0.15, 0.2) is 11.5 Å². The highest BCUT2D eigenvalue weighted by atomic mass is 16.6. The largest absolute Gasteiger partial charge is 0.486 e. The Balaban J connectivity index is 1.46. The van der Waals surface area contributed by atoms with Gasteiger partial charge in [0.25, 0.3) is 5.91 Å². The standard InChI is InChI=1S/C19H21N3O3/c23-19(22-14-3-1-2-4-14)13-9-16(12-20-11-13)21-15-5-6-17-18(10-15)25-8-7-24-17/h5-6,9-12,14,21H,1-4,7-8H2,(H,22,23). The number of nitrogens with zero attached hydrogens (tertiary/aromatic N) is 1. The lowest BCUT2D eigenvalue weighted by atomic mass is 10.2. The first kappa shape index (κ1) is 15.7. The van der Waals surface area contributed by atoms with E-state index in [4.69, 9.17) is 9.47 Å². The number of carbonyl (C=O) groups excluding carboxylic acids is 1. The number of rotatable bonds is 4. The van der Waals surface area contributed by atoms with E-state index in [2.05, 4.69) is 15.6 Å². The smallest absolute Gasteiger partial charge is 0.253 e. The van der Waals surface area contributed by atoms with Crippen molar-refractivity contribution in [2.45, 2.75) is 31.7 Å². The fourth-order valence-electron chi connectivity index (χ4n) is 3.26. The number of anilines is 2. The summed E-state index contributed by atoms with van der Waals surface area (Å²) in [5, 5.41) is 6.35. The van der Waals surface area contributed by atoms with Gasteiger partial charge in [-0.05, 0) is 31.0 Å². The normalized spacial score (nSPS) is 16.5. The Labute approximate surface area is 146 Å². The summed E-state index contributed by atoms with van der Waals surface area (Å²) in [6.07, 6.45) is 7.80. The lowest BCUT2D eigenvalue weighted by Gasteiger charge is -2.19. The molecule has 4 rings (SSSR count). The number of nitrogens with one attached hydrogen (secondary N) is 2. The number of hydrogen-bond acceptors (Lipinski definition) is 5. The van der Waals surface area contributed by atoms with Gasteiger partial charge in [-0.2, -0.15) is 0 Å². The summed E-state index contributed by atoms with van der Waals surface area (Å²) >= 11 is 0. The van der Waals surface area contributed by atoms with Crippen molar-refractivity contribution in [3.05, 3.63) is 42.2 Å². The number of aromatic nitrogens is 1. The molecule has 25 heavy (non-hydrogen) atoms. The molecule has 1 aliphatic carbocycles. The van der Waals surface area contributed by atoms with Gasteiger partial charge >= 0.3 is 0 Å². The average molecular weight is 339 g/mol. The van der Waals surface area contributed by atoms with Crippen molar-refractivity contribution in [1.29, 1.82) is 0 Å². The Hall–Kier alpha value is -2.76. The van der Waals surface area contributed by atoms with E-state index in [1.807, 2.05) is 24.3 Å². The van der Waals surface area contributed by atoms with Gasteiger partial charge in [-0.25, -0.2) is 0 Å². The summed E-state index contributed by atoms with van der Waals surface area (Å²) in [6.45, 7) is 1.12. The molecule has 2 N–H and O–H groups in total. The fourth-order valence-corrected chi connectivity index (χ4v) is 3.26. The van der Waals surface area contributed by atoms with E-state index in [0.29, 0.717) is 24.8 Å². The van der Waals surface area contributed by atoms with E-state index in [1.165, 1.54) is 12.8 Å². The molecule has 0 saturated heterocycles. The number of ether oxygens (including phenoxy) is 2. The Morgan fingerprint density at radius 3 is 2.64 bits per heavy atom. The van der Waals surface area contributed by atoms with Crippen LogP contribution in [-0.2, 0) is 0 Å². The molecule has 1 aromatic carbocycles. The number of benzene rings is 1. The van der Waals surface area contributed by atoms with Crippen molar-refractivity contribution in [1.82, 2.24) is 10.3 Å². The second-order valence-corrected chi connectivity index (χ2v) is 6.40. The highest BCUT2D eigenvalue weighted by molar-refractivity contribution is 5.95. The molecule has 0 bridgehead atoms. The van der Waals surface area contributed by atoms with Gasteiger partial charge in [-0.1, -0.05) is 12.8 Å². The van der Waals surface area contributed by atoms with Gasteiger partial charge in [0.2, 0.25) is 0 Å². The molecule has 0 atom stereocenters. The van der Waals surface area contributed by atoms with E-state index >= 15 is 0 Å². The zero-order chi connectivity index (χ0) is 17.1. The molecule has 2 heterocycles. The van der Waals surface area contributed by atoms with Crippen molar-refractivity contribution in [3.8, 4) is 11.5 Å². The lowest BCUT2D eigenvalue weighted by molar-refractivity contribution is 0.0937. The van der Waals surface area contributed by atoms with Crippen LogP contribution < -0.4 is 20.1 Å². The summed E-state index contributed by atoms with van der Waals surface area (Å²) in [4.78, 5) is 16.6. The van der Waals surface area contributed by atoms with Gasteiger partial charge in [0.1, 0.15) is 13.2 Å². The quantitative estimate of drug-likeness (QED) is 0.894. The molecule has 1 amide bonds. The maximum Gasteiger partial charge on any atom is 0.253 e. The van der Waals surface area contributed by atoms with Crippen LogP contribution in [0.2, 0.25) is 0 Å². The minimum Gasteiger partial charge on any atom is -0.486 e. The second kappa shape index (κ2) is 7.01. The monoisotopic (exact) mass is 339 g/mol. The maximum atomic E-state index is 12.4. The minimum absolute atomic E-state index is 0.0646. The molecule has 1 saturated carbocycles. The van der Waals surface area contributed by atoms with Gasteiger partial charge in [-0.3, -0.25) is 9.78 Å². The van der Waals surface area contributed by atoms with Crippen LogP contribution >= 0.6 is 0 Å². The van der Waals surface area contributed by atoms with E-state index < -0.39 is 0 Å². The second-order valence-electron chi connectivity index (χ2n) is 6.40. The van der Waals surface area contributed by atoms with Gasteiger partial charge in [0, 0.05) is 24.0 Å². The highest BCUT2D eigenvalue weighted by Gasteiger charge is 2.18. The van der Waals surface area contributed by atoms with Crippen LogP contribution in [0.15, 0.2) is 36.7 Å². The molecule has 1 aliphatic heterocycles. The van der Waals surface area contributed by atoms with Crippen molar-refractivity contribution in [3.63, 3.8) is 0 Å². The molecule has 2 aliphatic rings. The van der Waals surface area contributed by atoms with Crippen LogP contribution in [0.4, 0.5) is 11.4 Å². The van der Waals surface area contributed by atoms with Gasteiger partial charge < -0.3 is 20.1 Å². The number of hydrogen-bond donors (Lipinski definition) is 2. The molecular weight excluding hydrogens is 318 g/mol. The van der Waals surface area contributed by atoms with Crippen LogP contribution in [0.5, 0.6) is 11.5 Å². The van der Waals surface area contributed by atoms with Crippen molar-refractivity contribution < 1.29 is 14.3 Å². The number of fused-ring (bicyclic) bond motifs is 1. The molecular formula is C19H21N3O3. The number of pyridine rings is 1. The van der Waals surface area contributed by atoms with E-state index in [1.54, 1.807) is 12.4 Å². The van der Waals surface area contributed by atoms with Crippen molar-refractivity contribution in [2.24, 2.45) is 0 Å². The Bertz CT molecular complexity index is 772. The predicted octanol–water partition coefficient (Wildman–Crippen LogP) is 3.27. The predicted molar refractivity (Wildman–Crippen MR) is 94.7 cm³/mol. The maximum absolute atomic E-state index is 12.4. The first-order valence-electron chi connectivity index (χ1n) is 8.70.